The molecule has 0 fully saturated rings. The molecule has 2 heterocycles. The topological polar surface area (TPSA) is 45.8 Å². The molecule has 3 aromatic rings. The Bertz CT molecular complexity index is 831. The van der Waals surface area contributed by atoms with Crippen LogP contribution < -0.4 is 0 Å². The van der Waals surface area contributed by atoms with E-state index in [9.17, 15) is 9.18 Å². The van der Waals surface area contributed by atoms with Crippen LogP contribution in [-0.2, 0) is 0 Å². The first-order valence-electron chi connectivity index (χ1n) is 5.68. The number of hydrogen-bond acceptors (Lipinski definition) is 2. The third-order valence-electron chi connectivity index (χ3n) is 2.92. The van der Waals surface area contributed by atoms with Crippen molar-refractivity contribution in [2.45, 2.75) is 0 Å². The number of carbonyl (C=O) groups is 1. The Hall–Kier alpha value is -1.28. The molecule has 3 nitrogen and oxygen atoms in total. The molecule has 3 rings (SSSR count). The molecular formula is C14H7BrFIN2O. The number of nitrogens with one attached hydrogen (secondary N) is 1. The highest BCUT2D eigenvalue weighted by Crippen LogP contribution is 2.25. The van der Waals surface area contributed by atoms with Gasteiger partial charge in [-0.25, -0.2) is 9.37 Å². The fourth-order valence-corrected chi connectivity index (χ4v) is 3.04. The largest absolute Gasteiger partial charge is 0.345 e. The average molecular weight is 445 g/mol. The minimum absolute atomic E-state index is 0.152. The van der Waals surface area contributed by atoms with Crippen molar-refractivity contribution >= 4 is 55.3 Å². The lowest BCUT2D eigenvalue weighted by Gasteiger charge is -2.03. The van der Waals surface area contributed by atoms with E-state index in [-0.39, 0.29) is 11.6 Å². The first-order valence-corrected chi connectivity index (χ1v) is 7.56. The van der Waals surface area contributed by atoms with E-state index in [2.05, 4.69) is 25.9 Å². The van der Waals surface area contributed by atoms with E-state index in [0.29, 0.717) is 20.3 Å². The van der Waals surface area contributed by atoms with E-state index in [1.165, 1.54) is 18.2 Å². The molecule has 0 spiro atoms. The van der Waals surface area contributed by atoms with Gasteiger partial charge in [-0.1, -0.05) is 0 Å². The number of carbonyl (C=O) groups excluding carboxylic acids is 1. The van der Waals surface area contributed by atoms with Gasteiger partial charge >= 0.3 is 0 Å². The summed E-state index contributed by atoms with van der Waals surface area (Å²) < 4.78 is 14.5. The van der Waals surface area contributed by atoms with Gasteiger partial charge in [0.25, 0.3) is 0 Å². The highest BCUT2D eigenvalue weighted by Gasteiger charge is 2.17. The lowest BCUT2D eigenvalue weighted by molar-refractivity contribution is 0.103. The van der Waals surface area contributed by atoms with Crippen molar-refractivity contribution < 1.29 is 9.18 Å². The van der Waals surface area contributed by atoms with Crippen LogP contribution in [0.4, 0.5) is 4.39 Å². The van der Waals surface area contributed by atoms with Crippen molar-refractivity contribution in [3.8, 4) is 0 Å². The average Bonchev–Trinajstić information content (AvgIpc) is 2.81. The van der Waals surface area contributed by atoms with Gasteiger partial charge in [-0.2, -0.15) is 0 Å². The van der Waals surface area contributed by atoms with Gasteiger partial charge in [0, 0.05) is 36.9 Å². The molecule has 100 valence electrons. The number of aromatic amines is 1. The van der Waals surface area contributed by atoms with E-state index in [4.69, 9.17) is 0 Å². The van der Waals surface area contributed by atoms with Gasteiger partial charge in [-0.3, -0.25) is 4.79 Å². The molecule has 6 heteroatoms. The van der Waals surface area contributed by atoms with Gasteiger partial charge in [0.05, 0.1) is 0 Å². The predicted octanol–water partition coefficient (Wildman–Crippen LogP) is 4.30. The molecular weight excluding hydrogens is 438 g/mol. The first-order chi connectivity index (χ1) is 9.56. The van der Waals surface area contributed by atoms with Crippen LogP contribution in [0.2, 0.25) is 0 Å². The Kier molecular flexibility index (Phi) is 3.59. The molecule has 1 N–H and O–H groups in total. The third-order valence-corrected chi connectivity index (χ3v) is 4.24. The zero-order valence-corrected chi connectivity index (χ0v) is 13.7. The Morgan fingerprint density at radius 1 is 1.30 bits per heavy atom. The van der Waals surface area contributed by atoms with Crippen LogP contribution in [-0.4, -0.2) is 15.8 Å². The van der Waals surface area contributed by atoms with Gasteiger partial charge in [0.2, 0.25) is 0 Å². The number of halogens is 3. The second-order valence-corrected chi connectivity index (χ2v) is 6.28. The summed E-state index contributed by atoms with van der Waals surface area (Å²) in [5.74, 6) is -0.505. The summed E-state index contributed by atoms with van der Waals surface area (Å²) in [6.07, 6.45) is 3.29. The molecule has 0 saturated heterocycles. The van der Waals surface area contributed by atoms with Gasteiger partial charge in [-0.05, 0) is 62.8 Å². The first kappa shape index (κ1) is 13.7. The third kappa shape index (κ3) is 2.37. The van der Waals surface area contributed by atoms with Gasteiger partial charge in [-0.15, -0.1) is 0 Å². The van der Waals surface area contributed by atoms with Crippen LogP contribution in [0, 0.1) is 9.39 Å². The molecule has 20 heavy (non-hydrogen) atoms. The molecule has 0 atom stereocenters. The van der Waals surface area contributed by atoms with E-state index >= 15 is 0 Å². The fraction of sp³-hybridized carbons (Fsp3) is 0. The second kappa shape index (κ2) is 5.25. The van der Waals surface area contributed by atoms with Gasteiger partial charge in [0.1, 0.15) is 11.5 Å². The lowest BCUT2D eigenvalue weighted by atomic mass is 10.0. The van der Waals surface area contributed by atoms with Crippen molar-refractivity contribution in [2.75, 3.05) is 0 Å². The number of aromatic nitrogens is 2. The fourth-order valence-electron chi connectivity index (χ4n) is 1.98. The standard InChI is InChI=1S/C14H7BrFIN2O/c15-7-3-10-11(6-19-14(10)18-5-7)13(20)9-2-1-8(16)4-12(9)17/h1-6H,(H,18,19). The lowest BCUT2D eigenvalue weighted by Crippen LogP contribution is -2.03. The smallest absolute Gasteiger partial charge is 0.196 e. The Morgan fingerprint density at radius 2 is 2.10 bits per heavy atom. The minimum atomic E-state index is -0.353. The molecule has 0 radical (unpaired) electrons. The summed E-state index contributed by atoms with van der Waals surface area (Å²) in [7, 11) is 0. The molecule has 0 aliphatic carbocycles. The quantitative estimate of drug-likeness (QED) is 0.473. The second-order valence-electron chi connectivity index (χ2n) is 4.21. The number of nitrogens with zero attached hydrogens (tertiary/aromatic N) is 1. The van der Waals surface area contributed by atoms with Gasteiger partial charge in [0.15, 0.2) is 5.78 Å². The summed E-state index contributed by atoms with van der Waals surface area (Å²) in [4.78, 5) is 19.7. The molecule has 0 saturated carbocycles. The van der Waals surface area contributed by atoms with E-state index < -0.39 is 0 Å². The molecule has 2 aromatic heterocycles. The number of rotatable bonds is 2. The number of fused-ring (bicyclic) bond motifs is 1. The molecule has 0 amide bonds. The molecule has 0 unspecified atom stereocenters. The van der Waals surface area contributed by atoms with Crippen LogP contribution in [0.15, 0.2) is 41.1 Å². The van der Waals surface area contributed by atoms with Crippen molar-refractivity contribution in [3.63, 3.8) is 0 Å². The van der Waals surface area contributed by atoms with Crippen molar-refractivity contribution in [1.29, 1.82) is 0 Å². The summed E-state index contributed by atoms with van der Waals surface area (Å²) in [6, 6.07) is 5.97. The number of pyridine rings is 1. The predicted molar refractivity (Wildman–Crippen MR) is 86.3 cm³/mol. The highest BCUT2D eigenvalue weighted by atomic mass is 127. The summed E-state index contributed by atoms with van der Waals surface area (Å²) in [6.45, 7) is 0. The maximum absolute atomic E-state index is 13.1. The zero-order chi connectivity index (χ0) is 14.3. The maximum atomic E-state index is 13.1. The van der Waals surface area contributed by atoms with E-state index in [0.717, 1.165) is 9.86 Å². The number of benzene rings is 1. The zero-order valence-electron chi connectivity index (χ0n) is 9.95. The molecule has 0 aliphatic heterocycles. The van der Waals surface area contributed by atoms with E-state index in [1.54, 1.807) is 12.4 Å². The van der Waals surface area contributed by atoms with Crippen LogP contribution >= 0.6 is 38.5 Å². The molecule has 0 aliphatic rings. The number of ketones is 1. The summed E-state index contributed by atoms with van der Waals surface area (Å²) >= 11 is 5.30. The van der Waals surface area contributed by atoms with Crippen molar-refractivity contribution in [2.24, 2.45) is 0 Å². The number of H-pyrrole nitrogens is 1. The minimum Gasteiger partial charge on any atom is -0.345 e. The van der Waals surface area contributed by atoms with Crippen LogP contribution in [0.5, 0.6) is 0 Å². The Balaban J connectivity index is 2.15. The Morgan fingerprint density at radius 3 is 2.85 bits per heavy atom. The molecule has 0 bridgehead atoms. The van der Waals surface area contributed by atoms with Gasteiger partial charge < -0.3 is 4.98 Å². The Labute approximate surface area is 135 Å². The SMILES string of the molecule is O=C(c1ccc(F)cc1I)c1c[nH]c2ncc(Br)cc12. The number of hydrogen-bond donors (Lipinski definition) is 1. The summed E-state index contributed by atoms with van der Waals surface area (Å²) in [5, 5.41) is 0.740. The van der Waals surface area contributed by atoms with Crippen molar-refractivity contribution in [1.82, 2.24) is 9.97 Å². The maximum Gasteiger partial charge on any atom is 0.196 e. The normalized spacial score (nSPS) is 10.9. The monoisotopic (exact) mass is 444 g/mol. The van der Waals surface area contributed by atoms with Crippen LogP contribution in [0.1, 0.15) is 15.9 Å². The van der Waals surface area contributed by atoms with E-state index in [1.807, 2.05) is 28.7 Å². The van der Waals surface area contributed by atoms with Crippen LogP contribution in [0.25, 0.3) is 11.0 Å². The van der Waals surface area contributed by atoms with Crippen LogP contribution in [0.3, 0.4) is 0 Å². The highest BCUT2D eigenvalue weighted by molar-refractivity contribution is 14.1. The molecule has 1 aromatic carbocycles. The van der Waals surface area contributed by atoms with Crippen molar-refractivity contribution in [3.05, 3.63) is 61.6 Å². The summed E-state index contributed by atoms with van der Waals surface area (Å²) in [5.41, 5.74) is 1.65.